The number of benzene rings is 1. The van der Waals surface area contributed by atoms with Gasteiger partial charge in [-0.1, -0.05) is 18.2 Å². The second-order valence-corrected chi connectivity index (χ2v) is 7.50. The first-order chi connectivity index (χ1) is 11.2. The Morgan fingerprint density at radius 1 is 1.04 bits per heavy atom. The number of sulfonamides is 1. The Balaban J connectivity index is 1.99. The number of alkyl halides is 3. The number of hydrogen-bond donors (Lipinski definition) is 0. The lowest BCUT2D eigenvalue weighted by Crippen LogP contribution is -2.37. The molecule has 1 amide bonds. The number of amides is 1. The van der Waals surface area contributed by atoms with Gasteiger partial charge in [0.15, 0.2) is 0 Å². The number of halogens is 3. The fourth-order valence-electron chi connectivity index (χ4n) is 2.53. The summed E-state index contributed by atoms with van der Waals surface area (Å²) in [6.45, 7) is 0.676. The quantitative estimate of drug-likeness (QED) is 0.823. The molecule has 0 spiro atoms. The third-order valence-corrected chi connectivity index (χ3v) is 5.72. The van der Waals surface area contributed by atoms with Crippen LogP contribution in [0.3, 0.4) is 0 Å². The van der Waals surface area contributed by atoms with Gasteiger partial charge in [-0.25, -0.2) is 8.42 Å². The molecule has 0 unspecified atom stereocenters. The maximum absolute atomic E-state index is 12.5. The van der Waals surface area contributed by atoms with Gasteiger partial charge in [-0.15, -0.1) is 0 Å². The molecule has 0 bridgehead atoms. The van der Waals surface area contributed by atoms with Crippen LogP contribution >= 0.6 is 0 Å². The summed E-state index contributed by atoms with van der Waals surface area (Å²) in [5, 5.41) is 0. The summed E-state index contributed by atoms with van der Waals surface area (Å²) in [4.78, 5) is 13.4. The number of carbonyl (C=O) groups is 1. The van der Waals surface area contributed by atoms with E-state index in [0.29, 0.717) is 6.42 Å². The summed E-state index contributed by atoms with van der Waals surface area (Å²) in [6.07, 6.45) is -5.74. The average Bonchev–Trinajstić information content (AvgIpc) is 2.79. The van der Waals surface area contributed by atoms with Crippen LogP contribution in [0.15, 0.2) is 35.2 Å². The summed E-state index contributed by atoms with van der Waals surface area (Å²) in [5.41, 5.74) is 0. The Kier molecular flexibility index (Phi) is 5.87. The minimum atomic E-state index is -4.37. The third kappa shape index (κ3) is 4.94. The van der Waals surface area contributed by atoms with E-state index in [0.717, 1.165) is 0 Å². The van der Waals surface area contributed by atoms with Gasteiger partial charge in [0.2, 0.25) is 15.9 Å². The molecule has 0 aromatic heterocycles. The maximum Gasteiger partial charge on any atom is 0.389 e. The highest BCUT2D eigenvalue weighted by atomic mass is 32.2. The molecule has 1 fully saturated rings. The van der Waals surface area contributed by atoms with Crippen molar-refractivity contribution in [2.45, 2.75) is 30.3 Å². The van der Waals surface area contributed by atoms with Gasteiger partial charge in [-0.05, 0) is 18.6 Å². The van der Waals surface area contributed by atoms with Crippen molar-refractivity contribution in [3.05, 3.63) is 30.3 Å². The van der Waals surface area contributed by atoms with Crippen molar-refractivity contribution in [2.24, 2.45) is 0 Å². The second kappa shape index (κ2) is 7.52. The van der Waals surface area contributed by atoms with E-state index < -0.39 is 34.9 Å². The highest BCUT2D eigenvalue weighted by Crippen LogP contribution is 2.22. The normalized spacial score (nSPS) is 17.5. The van der Waals surface area contributed by atoms with Crippen molar-refractivity contribution < 1.29 is 26.4 Å². The van der Waals surface area contributed by atoms with Crippen molar-refractivity contribution in [1.82, 2.24) is 9.21 Å². The molecule has 0 atom stereocenters. The molecule has 1 heterocycles. The molecule has 134 valence electrons. The highest BCUT2D eigenvalue weighted by Gasteiger charge is 2.31. The van der Waals surface area contributed by atoms with Gasteiger partial charge in [0, 0.05) is 32.6 Å². The third-order valence-electron chi connectivity index (χ3n) is 3.81. The summed E-state index contributed by atoms with van der Waals surface area (Å²) in [7, 11) is -3.65. The summed E-state index contributed by atoms with van der Waals surface area (Å²) < 4.78 is 63.0. The SMILES string of the molecule is O=C(CCC(F)(F)F)N1CCCN(S(=O)(=O)c2ccccc2)CC1. The fraction of sp³-hybridized carbons (Fsp3) is 0.533. The predicted octanol–water partition coefficient (Wildman–Crippen LogP) is 2.25. The largest absolute Gasteiger partial charge is 0.389 e. The lowest BCUT2D eigenvalue weighted by molar-refractivity contribution is -0.149. The number of carbonyl (C=O) groups excluding carboxylic acids is 1. The monoisotopic (exact) mass is 364 g/mol. The standard InChI is InChI=1S/C15H19F3N2O3S/c16-15(17,18)8-7-14(21)19-9-4-10-20(12-11-19)24(22,23)13-5-2-1-3-6-13/h1-3,5-6H,4,7-12H2. The molecule has 0 radical (unpaired) electrons. The molecule has 1 aromatic carbocycles. The van der Waals surface area contributed by atoms with Gasteiger partial charge in [0.1, 0.15) is 0 Å². The van der Waals surface area contributed by atoms with Gasteiger partial charge in [0.25, 0.3) is 0 Å². The van der Waals surface area contributed by atoms with Crippen LogP contribution in [0.25, 0.3) is 0 Å². The van der Waals surface area contributed by atoms with Crippen LogP contribution in [0, 0.1) is 0 Å². The Morgan fingerprint density at radius 2 is 1.71 bits per heavy atom. The summed E-state index contributed by atoms with van der Waals surface area (Å²) >= 11 is 0. The molecule has 1 aromatic rings. The zero-order chi connectivity index (χ0) is 17.8. The van der Waals surface area contributed by atoms with Crippen LogP contribution in [0.5, 0.6) is 0 Å². The average molecular weight is 364 g/mol. The van der Waals surface area contributed by atoms with Crippen molar-refractivity contribution in [3.8, 4) is 0 Å². The van der Waals surface area contributed by atoms with E-state index in [1.807, 2.05) is 0 Å². The first-order valence-corrected chi connectivity index (χ1v) is 9.04. The van der Waals surface area contributed by atoms with E-state index in [1.54, 1.807) is 18.2 Å². The molecule has 0 aliphatic carbocycles. The van der Waals surface area contributed by atoms with Crippen molar-refractivity contribution >= 4 is 15.9 Å². The summed E-state index contributed by atoms with van der Waals surface area (Å²) in [6, 6.07) is 7.94. The molecule has 0 N–H and O–H groups in total. The predicted molar refractivity (Wildman–Crippen MR) is 81.7 cm³/mol. The first kappa shape index (κ1) is 18.7. The van der Waals surface area contributed by atoms with Crippen molar-refractivity contribution in [3.63, 3.8) is 0 Å². The van der Waals surface area contributed by atoms with Gasteiger partial charge >= 0.3 is 6.18 Å². The first-order valence-electron chi connectivity index (χ1n) is 7.60. The van der Waals surface area contributed by atoms with Crippen molar-refractivity contribution in [2.75, 3.05) is 26.2 Å². The van der Waals surface area contributed by atoms with E-state index in [-0.39, 0.29) is 31.1 Å². The molecule has 1 saturated heterocycles. The van der Waals surface area contributed by atoms with E-state index in [4.69, 9.17) is 0 Å². The Hall–Kier alpha value is -1.61. The Morgan fingerprint density at radius 3 is 2.33 bits per heavy atom. The van der Waals surface area contributed by atoms with Crippen LogP contribution in [0.2, 0.25) is 0 Å². The molecule has 9 heteroatoms. The van der Waals surface area contributed by atoms with Gasteiger partial charge in [0.05, 0.1) is 11.3 Å². The molecule has 5 nitrogen and oxygen atoms in total. The van der Waals surface area contributed by atoms with Gasteiger partial charge in [-0.2, -0.15) is 17.5 Å². The van der Waals surface area contributed by atoms with Crippen molar-refractivity contribution in [1.29, 1.82) is 0 Å². The molecule has 24 heavy (non-hydrogen) atoms. The fourth-order valence-corrected chi connectivity index (χ4v) is 4.02. The zero-order valence-electron chi connectivity index (χ0n) is 13.0. The van der Waals surface area contributed by atoms with Gasteiger partial charge < -0.3 is 4.90 Å². The lowest BCUT2D eigenvalue weighted by atomic mass is 10.2. The van der Waals surface area contributed by atoms with Crippen LogP contribution in [0.1, 0.15) is 19.3 Å². The minimum Gasteiger partial charge on any atom is -0.341 e. The second-order valence-electron chi connectivity index (χ2n) is 5.57. The van der Waals surface area contributed by atoms with Crippen LogP contribution in [0.4, 0.5) is 13.2 Å². The van der Waals surface area contributed by atoms with E-state index >= 15 is 0 Å². The smallest absolute Gasteiger partial charge is 0.341 e. The Bertz CT molecular complexity index is 662. The topological polar surface area (TPSA) is 57.7 Å². The van der Waals surface area contributed by atoms with Gasteiger partial charge in [-0.3, -0.25) is 4.79 Å². The molecule has 1 aliphatic heterocycles. The number of hydrogen-bond acceptors (Lipinski definition) is 3. The van der Waals surface area contributed by atoms with E-state index in [1.165, 1.54) is 21.3 Å². The number of rotatable bonds is 4. The molecule has 2 rings (SSSR count). The lowest BCUT2D eigenvalue weighted by Gasteiger charge is -2.22. The van der Waals surface area contributed by atoms with Crippen LogP contribution in [-0.4, -0.2) is 55.9 Å². The van der Waals surface area contributed by atoms with E-state index in [2.05, 4.69) is 0 Å². The molecular weight excluding hydrogens is 345 g/mol. The van der Waals surface area contributed by atoms with Crippen LogP contribution < -0.4 is 0 Å². The Labute approximate surface area is 139 Å². The van der Waals surface area contributed by atoms with E-state index in [9.17, 15) is 26.4 Å². The number of nitrogens with zero attached hydrogens (tertiary/aromatic N) is 2. The minimum absolute atomic E-state index is 0.0784. The maximum atomic E-state index is 12.5. The molecule has 0 saturated carbocycles. The highest BCUT2D eigenvalue weighted by molar-refractivity contribution is 7.89. The zero-order valence-corrected chi connectivity index (χ0v) is 13.8. The molecule has 1 aliphatic rings. The molecular formula is C15H19F3N2O3S. The summed E-state index contributed by atoms with van der Waals surface area (Å²) in [5.74, 6) is -0.591. The van der Waals surface area contributed by atoms with Crippen LogP contribution in [-0.2, 0) is 14.8 Å².